The number of nitrogens with zero attached hydrogens (tertiary/aromatic N) is 1. The molecule has 0 bridgehead atoms. The minimum Gasteiger partial charge on any atom is -0.478 e. The number of aromatic carboxylic acids is 1. The summed E-state index contributed by atoms with van der Waals surface area (Å²) in [6.07, 6.45) is 1.52. The van der Waals surface area contributed by atoms with Crippen LogP contribution in [0.15, 0.2) is 16.7 Å². The number of carbonyl (C=O) groups excluding carboxylic acids is 2. The number of carboxylic acids is 1. The lowest BCUT2D eigenvalue weighted by molar-refractivity contribution is -0.128. The van der Waals surface area contributed by atoms with Gasteiger partial charge in [0, 0.05) is 19.7 Å². The number of rotatable bonds is 3. The van der Waals surface area contributed by atoms with Crippen molar-refractivity contribution in [3.8, 4) is 0 Å². The van der Waals surface area contributed by atoms with E-state index < -0.39 is 17.9 Å². The van der Waals surface area contributed by atoms with Gasteiger partial charge < -0.3 is 19.7 Å². The maximum Gasteiger partial charge on any atom is 0.338 e. The molecule has 1 atom stereocenters. The van der Waals surface area contributed by atoms with E-state index in [4.69, 9.17) is 9.52 Å². The molecule has 1 saturated heterocycles. The smallest absolute Gasteiger partial charge is 0.338 e. The molecule has 1 aromatic heterocycles. The molecular weight excluding hydrogens is 240 g/mol. The van der Waals surface area contributed by atoms with Gasteiger partial charge in [0.1, 0.15) is 12.3 Å². The summed E-state index contributed by atoms with van der Waals surface area (Å²) in [7, 11) is 1.66. The standard InChI is InChI=1S/C11H12N2O5/c1-13-3-2-7(10(13)15)12-9(14)8-4-6(5-18-8)11(16)17/h4-5,7H,2-3H2,1H3,(H,12,14)(H,16,17). The van der Waals surface area contributed by atoms with Crippen LogP contribution in [0.1, 0.15) is 27.3 Å². The van der Waals surface area contributed by atoms with Crippen LogP contribution in [-0.2, 0) is 4.79 Å². The summed E-state index contributed by atoms with van der Waals surface area (Å²) >= 11 is 0. The van der Waals surface area contributed by atoms with Gasteiger partial charge in [-0.25, -0.2) is 4.79 Å². The van der Waals surface area contributed by atoms with Crippen molar-refractivity contribution in [1.29, 1.82) is 0 Å². The van der Waals surface area contributed by atoms with Gasteiger partial charge in [-0.15, -0.1) is 0 Å². The number of nitrogens with one attached hydrogen (secondary N) is 1. The van der Waals surface area contributed by atoms with Crippen LogP contribution in [0.5, 0.6) is 0 Å². The Morgan fingerprint density at radius 1 is 1.56 bits per heavy atom. The van der Waals surface area contributed by atoms with Crippen LogP contribution in [0.2, 0.25) is 0 Å². The minimum atomic E-state index is -1.17. The molecule has 1 aromatic rings. The number of likely N-dealkylation sites (tertiary alicyclic amines) is 1. The largest absolute Gasteiger partial charge is 0.478 e. The van der Waals surface area contributed by atoms with E-state index in [0.717, 1.165) is 12.3 Å². The number of amides is 2. The third-order valence-electron chi connectivity index (χ3n) is 2.80. The molecule has 2 rings (SSSR count). The zero-order valence-corrected chi connectivity index (χ0v) is 9.67. The average molecular weight is 252 g/mol. The van der Waals surface area contributed by atoms with E-state index in [-0.39, 0.29) is 17.2 Å². The zero-order chi connectivity index (χ0) is 13.3. The van der Waals surface area contributed by atoms with Gasteiger partial charge >= 0.3 is 5.97 Å². The van der Waals surface area contributed by atoms with Gasteiger partial charge in [0.05, 0.1) is 5.56 Å². The first-order valence-corrected chi connectivity index (χ1v) is 5.36. The normalized spacial score (nSPS) is 19.1. The number of likely N-dealkylation sites (N-methyl/N-ethyl adjacent to an activating group) is 1. The van der Waals surface area contributed by atoms with Gasteiger partial charge in [-0.2, -0.15) is 0 Å². The molecule has 0 saturated carbocycles. The molecule has 7 nitrogen and oxygen atoms in total. The van der Waals surface area contributed by atoms with Gasteiger partial charge in [0.2, 0.25) is 5.91 Å². The highest BCUT2D eigenvalue weighted by Gasteiger charge is 2.31. The minimum absolute atomic E-state index is 0.102. The lowest BCUT2D eigenvalue weighted by Gasteiger charge is -2.10. The highest BCUT2D eigenvalue weighted by molar-refractivity contribution is 5.98. The van der Waals surface area contributed by atoms with Gasteiger partial charge in [0.25, 0.3) is 5.91 Å². The Morgan fingerprint density at radius 2 is 2.28 bits per heavy atom. The van der Waals surface area contributed by atoms with Crippen LogP contribution in [0, 0.1) is 0 Å². The molecule has 2 amide bonds. The first-order valence-electron chi connectivity index (χ1n) is 5.36. The third-order valence-corrected chi connectivity index (χ3v) is 2.80. The van der Waals surface area contributed by atoms with Crippen LogP contribution >= 0.6 is 0 Å². The predicted molar refractivity (Wildman–Crippen MR) is 59.2 cm³/mol. The van der Waals surface area contributed by atoms with Crippen molar-refractivity contribution < 1.29 is 23.9 Å². The molecule has 0 aromatic carbocycles. The second-order valence-corrected chi connectivity index (χ2v) is 4.08. The van der Waals surface area contributed by atoms with Crippen LogP contribution in [0.3, 0.4) is 0 Å². The highest BCUT2D eigenvalue weighted by Crippen LogP contribution is 2.11. The lowest BCUT2D eigenvalue weighted by Crippen LogP contribution is -2.40. The summed E-state index contributed by atoms with van der Waals surface area (Å²) in [6, 6.07) is 0.557. The van der Waals surface area contributed by atoms with Crippen LogP contribution in [0.25, 0.3) is 0 Å². The summed E-state index contributed by atoms with van der Waals surface area (Å²) in [6.45, 7) is 0.586. The van der Waals surface area contributed by atoms with E-state index in [1.807, 2.05) is 0 Å². The fourth-order valence-corrected chi connectivity index (χ4v) is 1.75. The Labute approximate surface area is 102 Å². The van der Waals surface area contributed by atoms with Crippen molar-refractivity contribution in [3.05, 3.63) is 23.7 Å². The van der Waals surface area contributed by atoms with Crippen LogP contribution in [0.4, 0.5) is 0 Å². The average Bonchev–Trinajstić information content (AvgIpc) is 2.91. The molecule has 2 heterocycles. The molecule has 18 heavy (non-hydrogen) atoms. The Balaban J connectivity index is 2.03. The first-order chi connectivity index (χ1) is 8.49. The lowest BCUT2D eigenvalue weighted by atomic mass is 10.2. The monoisotopic (exact) mass is 252 g/mol. The van der Waals surface area contributed by atoms with E-state index >= 15 is 0 Å². The van der Waals surface area contributed by atoms with Crippen LogP contribution < -0.4 is 5.32 Å². The predicted octanol–water partition coefficient (Wildman–Crippen LogP) is -0.0617. The number of hydrogen-bond acceptors (Lipinski definition) is 4. The fraction of sp³-hybridized carbons (Fsp3) is 0.364. The number of carbonyl (C=O) groups is 3. The second kappa shape index (κ2) is 4.52. The molecule has 2 N–H and O–H groups in total. The van der Waals surface area contributed by atoms with Gasteiger partial charge in [-0.1, -0.05) is 0 Å². The van der Waals surface area contributed by atoms with Crippen molar-refractivity contribution in [2.24, 2.45) is 0 Å². The maximum absolute atomic E-state index is 11.7. The highest BCUT2D eigenvalue weighted by atomic mass is 16.4. The van der Waals surface area contributed by atoms with E-state index in [1.165, 1.54) is 4.90 Å². The molecule has 96 valence electrons. The molecule has 0 radical (unpaired) electrons. The molecule has 0 spiro atoms. The third kappa shape index (κ3) is 2.20. The Hall–Kier alpha value is -2.31. The van der Waals surface area contributed by atoms with E-state index in [0.29, 0.717) is 13.0 Å². The fourth-order valence-electron chi connectivity index (χ4n) is 1.75. The van der Waals surface area contributed by atoms with E-state index in [2.05, 4.69) is 5.32 Å². The number of carboxylic acid groups (broad SMARTS) is 1. The molecule has 7 heteroatoms. The topological polar surface area (TPSA) is 99.8 Å². The maximum atomic E-state index is 11.7. The Morgan fingerprint density at radius 3 is 2.78 bits per heavy atom. The molecule has 1 fully saturated rings. The summed E-state index contributed by atoms with van der Waals surface area (Å²) in [5, 5.41) is 11.2. The molecule has 1 aliphatic rings. The Kier molecular flexibility index (Phi) is 3.05. The van der Waals surface area contributed by atoms with Gasteiger partial charge in [-0.3, -0.25) is 9.59 Å². The van der Waals surface area contributed by atoms with Gasteiger partial charge in [-0.05, 0) is 6.42 Å². The zero-order valence-electron chi connectivity index (χ0n) is 9.67. The number of hydrogen-bond donors (Lipinski definition) is 2. The van der Waals surface area contributed by atoms with Crippen LogP contribution in [-0.4, -0.2) is 47.4 Å². The van der Waals surface area contributed by atoms with Crippen molar-refractivity contribution in [1.82, 2.24) is 10.2 Å². The summed E-state index contributed by atoms with van der Waals surface area (Å²) in [5.74, 6) is -2.03. The molecule has 1 aliphatic heterocycles. The second-order valence-electron chi connectivity index (χ2n) is 4.08. The molecular formula is C11H12N2O5. The summed E-state index contributed by atoms with van der Waals surface area (Å²) in [4.78, 5) is 35.4. The van der Waals surface area contributed by atoms with E-state index in [9.17, 15) is 14.4 Å². The first kappa shape index (κ1) is 12.2. The molecule has 0 aliphatic carbocycles. The quantitative estimate of drug-likeness (QED) is 0.784. The van der Waals surface area contributed by atoms with Crippen molar-refractivity contribution >= 4 is 17.8 Å². The van der Waals surface area contributed by atoms with Crippen molar-refractivity contribution in [3.63, 3.8) is 0 Å². The van der Waals surface area contributed by atoms with E-state index in [1.54, 1.807) is 7.05 Å². The SMILES string of the molecule is CN1CCC(NC(=O)c2cc(C(=O)O)co2)C1=O. The summed E-state index contributed by atoms with van der Waals surface area (Å²) in [5.41, 5.74) is -0.102. The Bertz CT molecular complexity index is 507. The summed E-state index contributed by atoms with van der Waals surface area (Å²) < 4.78 is 4.84. The van der Waals surface area contributed by atoms with Crippen molar-refractivity contribution in [2.75, 3.05) is 13.6 Å². The van der Waals surface area contributed by atoms with Crippen molar-refractivity contribution in [2.45, 2.75) is 12.5 Å². The molecule has 1 unspecified atom stereocenters. The van der Waals surface area contributed by atoms with Gasteiger partial charge in [0.15, 0.2) is 5.76 Å². The number of furan rings is 1.